The lowest BCUT2D eigenvalue weighted by Gasteiger charge is -2.42. The molecule has 5 heteroatoms. The van der Waals surface area contributed by atoms with Gasteiger partial charge < -0.3 is 14.2 Å². The molecule has 0 atom stereocenters. The van der Waals surface area contributed by atoms with E-state index in [9.17, 15) is 4.79 Å². The van der Waals surface area contributed by atoms with Gasteiger partial charge in [0.2, 0.25) is 0 Å². The third-order valence-corrected chi connectivity index (χ3v) is 10.5. The number of nitrogens with zero attached hydrogens (tertiary/aromatic N) is 3. The van der Waals surface area contributed by atoms with Gasteiger partial charge >= 0.3 is 0 Å². The number of rotatable bonds is 13. The summed E-state index contributed by atoms with van der Waals surface area (Å²) in [6, 6.07) is 34.0. The standard InChI is InChI=1S/C41H51N3O2/c1-34-17-19-37(20-18-34)44(40(45)39-16-11-31-46-39)38-21-27-42(28-22-38)29-25-41(23-9-4-10-24-41)26-30-43(32-35-12-5-2-6-13-35)33-36-14-7-3-8-15-36/h2-3,5-8,11-20,31,38H,4,9-10,21-30,32-33H2,1H3. The lowest BCUT2D eigenvalue weighted by atomic mass is 9.69. The van der Waals surface area contributed by atoms with Crippen LogP contribution in [0.15, 0.2) is 108 Å². The van der Waals surface area contributed by atoms with Gasteiger partial charge in [0.15, 0.2) is 5.76 Å². The summed E-state index contributed by atoms with van der Waals surface area (Å²) in [5.41, 5.74) is 5.36. The Labute approximate surface area is 276 Å². The minimum absolute atomic E-state index is 0.0379. The van der Waals surface area contributed by atoms with E-state index in [1.54, 1.807) is 18.4 Å². The number of carbonyl (C=O) groups is 1. The third kappa shape index (κ3) is 8.57. The summed E-state index contributed by atoms with van der Waals surface area (Å²) in [6.07, 6.45) is 12.9. The van der Waals surface area contributed by atoms with Gasteiger partial charge in [-0.1, -0.05) is 97.6 Å². The molecule has 6 rings (SSSR count). The molecule has 0 unspecified atom stereocenters. The van der Waals surface area contributed by atoms with E-state index in [1.165, 1.54) is 61.6 Å². The molecule has 3 aromatic carbocycles. The quantitative estimate of drug-likeness (QED) is 0.150. The second-order valence-corrected chi connectivity index (χ2v) is 13.8. The zero-order valence-corrected chi connectivity index (χ0v) is 27.7. The van der Waals surface area contributed by atoms with Crippen LogP contribution in [0.2, 0.25) is 0 Å². The van der Waals surface area contributed by atoms with Gasteiger partial charge in [-0.05, 0) is 99.3 Å². The van der Waals surface area contributed by atoms with Gasteiger partial charge in [-0.3, -0.25) is 9.69 Å². The van der Waals surface area contributed by atoms with Crippen LogP contribution in [0.1, 0.15) is 85.0 Å². The predicted octanol–water partition coefficient (Wildman–Crippen LogP) is 9.13. The molecule has 2 fully saturated rings. The smallest absolute Gasteiger partial charge is 0.294 e. The third-order valence-electron chi connectivity index (χ3n) is 10.5. The zero-order chi connectivity index (χ0) is 31.6. The highest BCUT2D eigenvalue weighted by molar-refractivity contribution is 6.04. The summed E-state index contributed by atoms with van der Waals surface area (Å²) < 4.78 is 5.55. The largest absolute Gasteiger partial charge is 0.459 e. The highest BCUT2D eigenvalue weighted by Gasteiger charge is 2.35. The summed E-state index contributed by atoms with van der Waals surface area (Å²) in [7, 11) is 0. The summed E-state index contributed by atoms with van der Waals surface area (Å²) in [6.45, 7) is 8.42. The normalized spacial score (nSPS) is 17.3. The van der Waals surface area contributed by atoms with E-state index in [2.05, 4.69) is 102 Å². The van der Waals surface area contributed by atoms with E-state index in [4.69, 9.17) is 4.42 Å². The summed E-state index contributed by atoms with van der Waals surface area (Å²) in [4.78, 5) is 20.9. The topological polar surface area (TPSA) is 39.9 Å². The van der Waals surface area contributed by atoms with Crippen molar-refractivity contribution in [1.82, 2.24) is 9.80 Å². The van der Waals surface area contributed by atoms with E-state index >= 15 is 0 Å². The first kappa shape index (κ1) is 32.3. The molecule has 1 aliphatic heterocycles. The maximum Gasteiger partial charge on any atom is 0.294 e. The fourth-order valence-electron chi connectivity index (χ4n) is 7.73. The minimum Gasteiger partial charge on any atom is -0.459 e. The highest BCUT2D eigenvalue weighted by Crippen LogP contribution is 2.43. The molecule has 1 aliphatic carbocycles. The number of furan rings is 1. The molecule has 0 radical (unpaired) electrons. The Balaban J connectivity index is 1.08. The summed E-state index contributed by atoms with van der Waals surface area (Å²) in [5.74, 6) is 0.375. The molecule has 1 saturated heterocycles. The molecule has 2 aliphatic rings. The molecule has 1 saturated carbocycles. The van der Waals surface area contributed by atoms with Gasteiger partial charge in [-0.15, -0.1) is 0 Å². The Morgan fingerprint density at radius 1 is 0.783 bits per heavy atom. The van der Waals surface area contributed by atoms with E-state index in [-0.39, 0.29) is 11.9 Å². The van der Waals surface area contributed by atoms with Crippen LogP contribution in [-0.2, 0) is 13.1 Å². The molecule has 1 aromatic heterocycles. The van der Waals surface area contributed by atoms with Crippen molar-refractivity contribution in [2.45, 2.75) is 83.8 Å². The number of likely N-dealkylation sites (tertiary alicyclic amines) is 1. The first-order valence-corrected chi connectivity index (χ1v) is 17.5. The van der Waals surface area contributed by atoms with Crippen molar-refractivity contribution in [2.24, 2.45) is 5.41 Å². The SMILES string of the molecule is Cc1ccc(N(C(=O)c2ccco2)C2CCN(CCC3(CCN(Cc4ccccc4)Cc4ccccc4)CCCCC3)CC2)cc1. The molecule has 0 N–H and O–H groups in total. The summed E-state index contributed by atoms with van der Waals surface area (Å²) >= 11 is 0. The van der Waals surface area contributed by atoms with Crippen LogP contribution in [0.4, 0.5) is 5.69 Å². The number of hydrogen-bond donors (Lipinski definition) is 0. The summed E-state index contributed by atoms with van der Waals surface area (Å²) in [5, 5.41) is 0. The van der Waals surface area contributed by atoms with Crippen LogP contribution in [0.3, 0.4) is 0 Å². The molecular formula is C41H51N3O2. The maximum atomic E-state index is 13.6. The molecule has 46 heavy (non-hydrogen) atoms. The number of amides is 1. The monoisotopic (exact) mass is 617 g/mol. The molecule has 1 amide bonds. The second kappa shape index (κ2) is 15.8. The Hall–Kier alpha value is -3.67. The van der Waals surface area contributed by atoms with Gasteiger partial charge in [-0.2, -0.15) is 0 Å². The number of anilines is 1. The number of carbonyl (C=O) groups excluding carboxylic acids is 1. The van der Waals surface area contributed by atoms with Gasteiger partial charge in [0.25, 0.3) is 5.91 Å². The van der Waals surface area contributed by atoms with Crippen molar-refractivity contribution in [3.8, 4) is 0 Å². The number of piperidine rings is 1. The fourth-order valence-corrected chi connectivity index (χ4v) is 7.73. The van der Waals surface area contributed by atoms with E-state index in [0.29, 0.717) is 11.2 Å². The fraction of sp³-hybridized carbons (Fsp3) is 0.439. The van der Waals surface area contributed by atoms with Gasteiger partial charge in [0.05, 0.1) is 6.26 Å². The van der Waals surface area contributed by atoms with E-state index in [1.807, 2.05) is 4.90 Å². The van der Waals surface area contributed by atoms with Crippen LogP contribution in [0, 0.1) is 12.3 Å². The molecule has 5 nitrogen and oxygen atoms in total. The number of aryl methyl sites for hydroxylation is 1. The highest BCUT2D eigenvalue weighted by atomic mass is 16.3. The van der Waals surface area contributed by atoms with Crippen molar-refractivity contribution < 1.29 is 9.21 Å². The first-order valence-electron chi connectivity index (χ1n) is 17.5. The number of hydrogen-bond acceptors (Lipinski definition) is 4. The molecular weight excluding hydrogens is 566 g/mol. The lowest BCUT2D eigenvalue weighted by molar-refractivity contribution is 0.0892. The Morgan fingerprint density at radius 3 is 2.00 bits per heavy atom. The second-order valence-electron chi connectivity index (χ2n) is 13.8. The molecule has 0 spiro atoms. The van der Waals surface area contributed by atoms with Crippen molar-refractivity contribution >= 4 is 11.6 Å². The Kier molecular flexibility index (Phi) is 11.1. The lowest BCUT2D eigenvalue weighted by Crippen LogP contribution is -2.48. The molecule has 4 aromatic rings. The van der Waals surface area contributed by atoms with Crippen LogP contribution >= 0.6 is 0 Å². The average Bonchev–Trinajstić information content (AvgIpc) is 3.65. The van der Waals surface area contributed by atoms with Crippen LogP contribution in [0.25, 0.3) is 0 Å². The predicted molar refractivity (Wildman–Crippen MR) is 188 cm³/mol. The van der Waals surface area contributed by atoms with Crippen molar-refractivity contribution in [1.29, 1.82) is 0 Å². The first-order chi connectivity index (χ1) is 22.6. The Bertz CT molecular complexity index is 1410. The van der Waals surface area contributed by atoms with Crippen molar-refractivity contribution in [3.63, 3.8) is 0 Å². The molecule has 0 bridgehead atoms. The van der Waals surface area contributed by atoms with Gasteiger partial charge in [-0.25, -0.2) is 0 Å². The molecule has 242 valence electrons. The zero-order valence-electron chi connectivity index (χ0n) is 27.7. The van der Waals surface area contributed by atoms with Crippen LogP contribution < -0.4 is 4.90 Å². The van der Waals surface area contributed by atoms with Gasteiger partial charge in [0, 0.05) is 37.9 Å². The van der Waals surface area contributed by atoms with Crippen molar-refractivity contribution in [3.05, 3.63) is 126 Å². The number of benzene rings is 3. The van der Waals surface area contributed by atoms with Crippen LogP contribution in [0.5, 0.6) is 0 Å². The van der Waals surface area contributed by atoms with Gasteiger partial charge in [0.1, 0.15) is 0 Å². The molecule has 2 heterocycles. The average molecular weight is 618 g/mol. The Morgan fingerprint density at radius 2 is 1.41 bits per heavy atom. The minimum atomic E-state index is -0.0379. The van der Waals surface area contributed by atoms with Crippen molar-refractivity contribution in [2.75, 3.05) is 31.1 Å². The van der Waals surface area contributed by atoms with E-state index in [0.717, 1.165) is 57.8 Å². The van der Waals surface area contributed by atoms with Crippen LogP contribution in [-0.4, -0.2) is 47.9 Å². The van der Waals surface area contributed by atoms with E-state index < -0.39 is 0 Å². The maximum absolute atomic E-state index is 13.6.